The van der Waals surface area contributed by atoms with Crippen LogP contribution in [-0.2, 0) is 0 Å². The number of hydrogen-bond acceptors (Lipinski definition) is 2. The Kier molecular flexibility index (Phi) is 5.43. The zero-order chi connectivity index (χ0) is 15.3. The fourth-order valence-corrected chi connectivity index (χ4v) is 1.80. The number of rotatable bonds is 4. The van der Waals surface area contributed by atoms with Crippen LogP contribution in [0.2, 0.25) is 0 Å². The van der Waals surface area contributed by atoms with Gasteiger partial charge in [0.2, 0.25) is 0 Å². The van der Waals surface area contributed by atoms with Gasteiger partial charge in [-0.15, -0.1) is 0 Å². The standard InChI is InChI=1S/C16H26N2O2/c1-11-9-13(3)14(10-12(11)2)20-8-7-17-15(19)18-16(4,5)6/h9-10H,7-8H2,1-6H3,(H2,17,18,19). The lowest BCUT2D eigenvalue weighted by atomic mass is 10.1. The molecule has 0 radical (unpaired) electrons. The van der Waals surface area contributed by atoms with Crippen molar-refractivity contribution in [1.29, 1.82) is 0 Å². The van der Waals surface area contributed by atoms with Crippen LogP contribution < -0.4 is 15.4 Å². The summed E-state index contributed by atoms with van der Waals surface area (Å²) in [5.74, 6) is 0.881. The summed E-state index contributed by atoms with van der Waals surface area (Å²) in [6.45, 7) is 13.0. The summed E-state index contributed by atoms with van der Waals surface area (Å²) in [4.78, 5) is 11.6. The molecule has 0 aliphatic heterocycles. The summed E-state index contributed by atoms with van der Waals surface area (Å²) in [7, 11) is 0. The fourth-order valence-electron chi connectivity index (χ4n) is 1.80. The van der Waals surface area contributed by atoms with Crippen molar-refractivity contribution in [3.05, 3.63) is 28.8 Å². The van der Waals surface area contributed by atoms with Crippen molar-refractivity contribution in [2.24, 2.45) is 0 Å². The van der Waals surface area contributed by atoms with Gasteiger partial charge in [0.05, 0.1) is 6.54 Å². The normalized spacial score (nSPS) is 11.1. The van der Waals surface area contributed by atoms with Gasteiger partial charge in [0.1, 0.15) is 12.4 Å². The molecule has 0 spiro atoms. The number of amides is 2. The molecule has 1 aromatic rings. The lowest BCUT2D eigenvalue weighted by Crippen LogP contribution is -2.47. The second-order valence-electron chi connectivity index (χ2n) is 6.18. The van der Waals surface area contributed by atoms with Crippen molar-refractivity contribution in [2.45, 2.75) is 47.1 Å². The number of ether oxygens (including phenoxy) is 1. The van der Waals surface area contributed by atoms with Crippen molar-refractivity contribution in [2.75, 3.05) is 13.2 Å². The first-order chi connectivity index (χ1) is 9.19. The van der Waals surface area contributed by atoms with E-state index in [-0.39, 0.29) is 11.6 Å². The van der Waals surface area contributed by atoms with E-state index in [0.717, 1.165) is 11.3 Å². The topological polar surface area (TPSA) is 50.4 Å². The summed E-state index contributed by atoms with van der Waals surface area (Å²) >= 11 is 0. The average molecular weight is 278 g/mol. The summed E-state index contributed by atoms with van der Waals surface area (Å²) < 4.78 is 5.71. The Hall–Kier alpha value is -1.71. The molecular formula is C16H26N2O2. The molecule has 1 aromatic carbocycles. The highest BCUT2D eigenvalue weighted by molar-refractivity contribution is 5.74. The smallest absolute Gasteiger partial charge is 0.315 e. The van der Waals surface area contributed by atoms with Crippen LogP contribution in [0.4, 0.5) is 4.79 Å². The van der Waals surface area contributed by atoms with Crippen LogP contribution >= 0.6 is 0 Å². The molecule has 0 unspecified atom stereocenters. The fraction of sp³-hybridized carbons (Fsp3) is 0.562. The number of urea groups is 1. The highest BCUT2D eigenvalue weighted by atomic mass is 16.5. The van der Waals surface area contributed by atoms with Gasteiger partial charge in [-0.25, -0.2) is 4.79 Å². The molecule has 4 heteroatoms. The van der Waals surface area contributed by atoms with Gasteiger partial charge in [-0.05, 0) is 64.3 Å². The molecule has 0 aliphatic carbocycles. The van der Waals surface area contributed by atoms with Gasteiger partial charge in [0.25, 0.3) is 0 Å². The van der Waals surface area contributed by atoms with Crippen molar-refractivity contribution in [3.8, 4) is 5.75 Å². The maximum absolute atomic E-state index is 11.6. The zero-order valence-corrected chi connectivity index (χ0v) is 13.4. The minimum Gasteiger partial charge on any atom is -0.491 e. The Balaban J connectivity index is 2.38. The molecule has 0 saturated carbocycles. The number of carbonyl (C=O) groups is 1. The third kappa shape index (κ3) is 5.51. The van der Waals surface area contributed by atoms with Gasteiger partial charge >= 0.3 is 6.03 Å². The Morgan fingerprint density at radius 2 is 1.70 bits per heavy atom. The second kappa shape index (κ2) is 6.64. The quantitative estimate of drug-likeness (QED) is 0.832. The van der Waals surface area contributed by atoms with Gasteiger partial charge in [0, 0.05) is 5.54 Å². The molecule has 112 valence electrons. The summed E-state index contributed by atoms with van der Waals surface area (Å²) in [6, 6.07) is 3.99. The summed E-state index contributed by atoms with van der Waals surface area (Å²) in [5.41, 5.74) is 3.36. The minimum absolute atomic E-state index is 0.169. The van der Waals surface area contributed by atoms with Crippen LogP contribution in [0.25, 0.3) is 0 Å². The van der Waals surface area contributed by atoms with Gasteiger partial charge in [-0.1, -0.05) is 6.07 Å². The third-order valence-electron chi connectivity index (χ3n) is 2.92. The molecular weight excluding hydrogens is 252 g/mol. The lowest BCUT2D eigenvalue weighted by Gasteiger charge is -2.20. The molecule has 0 fully saturated rings. The van der Waals surface area contributed by atoms with Crippen molar-refractivity contribution >= 4 is 6.03 Å². The average Bonchev–Trinajstić information content (AvgIpc) is 2.28. The van der Waals surface area contributed by atoms with E-state index >= 15 is 0 Å². The number of carbonyl (C=O) groups excluding carboxylic acids is 1. The van der Waals surface area contributed by atoms with Crippen LogP contribution in [0.15, 0.2) is 12.1 Å². The molecule has 0 atom stereocenters. The highest BCUT2D eigenvalue weighted by Gasteiger charge is 2.12. The van der Waals surface area contributed by atoms with E-state index < -0.39 is 0 Å². The summed E-state index contributed by atoms with van der Waals surface area (Å²) in [5, 5.41) is 5.62. The first kappa shape index (κ1) is 16.3. The van der Waals surface area contributed by atoms with Crippen LogP contribution in [0.5, 0.6) is 5.75 Å². The van der Waals surface area contributed by atoms with Crippen molar-refractivity contribution in [3.63, 3.8) is 0 Å². The molecule has 0 aromatic heterocycles. The first-order valence-electron chi connectivity index (χ1n) is 6.96. The molecule has 0 bridgehead atoms. The van der Waals surface area contributed by atoms with E-state index in [1.165, 1.54) is 11.1 Å². The van der Waals surface area contributed by atoms with E-state index in [0.29, 0.717) is 13.2 Å². The Labute approximate surface area is 121 Å². The highest BCUT2D eigenvalue weighted by Crippen LogP contribution is 2.22. The van der Waals surface area contributed by atoms with Gasteiger partial charge < -0.3 is 15.4 Å². The molecule has 4 nitrogen and oxygen atoms in total. The molecule has 0 saturated heterocycles. The Morgan fingerprint density at radius 1 is 1.10 bits per heavy atom. The lowest BCUT2D eigenvalue weighted by molar-refractivity contribution is 0.228. The van der Waals surface area contributed by atoms with Gasteiger partial charge in [-0.2, -0.15) is 0 Å². The van der Waals surface area contributed by atoms with E-state index in [1.807, 2.05) is 33.8 Å². The van der Waals surface area contributed by atoms with Crippen LogP contribution in [0, 0.1) is 20.8 Å². The molecule has 20 heavy (non-hydrogen) atoms. The third-order valence-corrected chi connectivity index (χ3v) is 2.92. The minimum atomic E-state index is -0.227. The van der Waals surface area contributed by atoms with E-state index in [2.05, 4.69) is 30.5 Å². The number of hydrogen-bond donors (Lipinski definition) is 2. The molecule has 2 amide bonds. The molecule has 1 rings (SSSR count). The predicted molar refractivity (Wildman–Crippen MR) is 82.4 cm³/mol. The SMILES string of the molecule is Cc1cc(C)c(OCCNC(=O)NC(C)(C)C)cc1C. The van der Waals surface area contributed by atoms with E-state index in [9.17, 15) is 4.79 Å². The largest absolute Gasteiger partial charge is 0.491 e. The predicted octanol–water partition coefficient (Wildman–Crippen LogP) is 3.09. The van der Waals surface area contributed by atoms with Gasteiger partial charge in [-0.3, -0.25) is 0 Å². The summed E-state index contributed by atoms with van der Waals surface area (Å²) in [6.07, 6.45) is 0. The number of benzene rings is 1. The van der Waals surface area contributed by atoms with Crippen LogP contribution in [0.3, 0.4) is 0 Å². The number of aryl methyl sites for hydroxylation is 3. The Bertz CT molecular complexity index is 476. The van der Waals surface area contributed by atoms with Gasteiger partial charge in [0.15, 0.2) is 0 Å². The molecule has 0 aliphatic rings. The van der Waals surface area contributed by atoms with E-state index in [1.54, 1.807) is 0 Å². The van der Waals surface area contributed by atoms with Crippen molar-refractivity contribution in [1.82, 2.24) is 10.6 Å². The first-order valence-corrected chi connectivity index (χ1v) is 6.96. The maximum Gasteiger partial charge on any atom is 0.315 e. The maximum atomic E-state index is 11.6. The zero-order valence-electron chi connectivity index (χ0n) is 13.4. The molecule has 0 heterocycles. The van der Waals surface area contributed by atoms with Crippen molar-refractivity contribution < 1.29 is 9.53 Å². The van der Waals surface area contributed by atoms with E-state index in [4.69, 9.17) is 4.74 Å². The Morgan fingerprint density at radius 3 is 2.30 bits per heavy atom. The molecule has 2 N–H and O–H groups in total. The number of nitrogens with one attached hydrogen (secondary N) is 2. The monoisotopic (exact) mass is 278 g/mol. The van der Waals surface area contributed by atoms with Crippen LogP contribution in [0.1, 0.15) is 37.5 Å². The second-order valence-corrected chi connectivity index (χ2v) is 6.18. The van der Waals surface area contributed by atoms with Crippen LogP contribution in [-0.4, -0.2) is 24.7 Å².